The molecule has 2 saturated heterocycles. The Balaban J connectivity index is 1.36. The fourth-order valence-electron chi connectivity index (χ4n) is 5.05. The summed E-state index contributed by atoms with van der Waals surface area (Å²) in [5.41, 5.74) is 3.44. The van der Waals surface area contributed by atoms with Crippen LogP contribution in [0.15, 0.2) is 0 Å². The van der Waals surface area contributed by atoms with Crippen molar-refractivity contribution >= 4 is 17.5 Å². The summed E-state index contributed by atoms with van der Waals surface area (Å²) in [4.78, 5) is 13.2. The molecule has 2 heterocycles. The normalized spacial score (nSPS) is 38.4. The lowest BCUT2D eigenvalue weighted by Crippen LogP contribution is -2.55. The van der Waals surface area contributed by atoms with E-state index >= 15 is 0 Å². The third-order valence-electron chi connectivity index (χ3n) is 6.78. The van der Waals surface area contributed by atoms with Crippen LogP contribution in [0.3, 0.4) is 0 Å². The second-order valence-electron chi connectivity index (χ2n) is 8.80. The van der Waals surface area contributed by atoms with Gasteiger partial charge in [0.1, 0.15) is 6.17 Å². The summed E-state index contributed by atoms with van der Waals surface area (Å²) < 4.78 is 5.86. The highest BCUT2D eigenvalue weighted by Gasteiger charge is 2.41. The minimum absolute atomic E-state index is 0.0103. The van der Waals surface area contributed by atoms with Crippen molar-refractivity contribution in [1.82, 2.24) is 21.1 Å². The smallest absolute Gasteiger partial charge is 0.242 e. The molecule has 0 aromatic rings. The summed E-state index contributed by atoms with van der Waals surface area (Å²) in [6, 6.07) is 0. The van der Waals surface area contributed by atoms with Gasteiger partial charge in [-0.15, -0.1) is 11.6 Å². The lowest BCUT2D eigenvalue weighted by Gasteiger charge is -2.32. The number of ether oxygens (including phenoxy) is 1. The molecule has 0 radical (unpaired) electrons. The fourth-order valence-corrected chi connectivity index (χ4v) is 5.31. The minimum Gasteiger partial charge on any atom is -0.375 e. The first-order valence-electron chi connectivity index (χ1n) is 11.0. The predicted octanol–water partition coefficient (Wildman–Crippen LogP) is 2.68. The first-order chi connectivity index (χ1) is 13.2. The van der Waals surface area contributed by atoms with Crippen molar-refractivity contribution in [3.63, 3.8) is 0 Å². The van der Waals surface area contributed by atoms with Crippen LogP contribution in [0.4, 0.5) is 0 Å². The summed E-state index contributed by atoms with van der Waals surface area (Å²) in [6.07, 6.45) is 12.4. The SMILES string of the molecule is O=C(C1CCCCC1)N1NC(C2CCCO2)NC1NCC1CCC(Cl)CC1. The van der Waals surface area contributed by atoms with Crippen LogP contribution in [0, 0.1) is 11.8 Å². The zero-order valence-corrected chi connectivity index (χ0v) is 17.1. The number of carbonyl (C=O) groups is 1. The Morgan fingerprint density at radius 2 is 1.81 bits per heavy atom. The summed E-state index contributed by atoms with van der Waals surface area (Å²) >= 11 is 6.24. The zero-order chi connectivity index (χ0) is 18.6. The standard InChI is InChI=1S/C20H35ClN4O2/c21-16-10-8-14(9-11-16)13-22-20-23-18(17-7-4-12-27-17)24-25(20)19(26)15-5-2-1-3-6-15/h14-18,20,22-24H,1-13H2. The summed E-state index contributed by atoms with van der Waals surface area (Å²) in [5, 5.41) is 9.40. The molecule has 6 nitrogen and oxygen atoms in total. The van der Waals surface area contributed by atoms with Crippen molar-refractivity contribution in [2.45, 2.75) is 94.6 Å². The highest BCUT2D eigenvalue weighted by atomic mass is 35.5. The Bertz CT molecular complexity index is 488. The number of alkyl halides is 1. The molecule has 0 aromatic heterocycles. The Morgan fingerprint density at radius 1 is 1.04 bits per heavy atom. The number of nitrogens with one attached hydrogen (secondary N) is 3. The quantitative estimate of drug-likeness (QED) is 0.621. The van der Waals surface area contributed by atoms with Crippen molar-refractivity contribution in [3.8, 4) is 0 Å². The van der Waals surface area contributed by atoms with E-state index in [4.69, 9.17) is 16.3 Å². The Morgan fingerprint density at radius 3 is 2.52 bits per heavy atom. The number of carbonyl (C=O) groups excluding carboxylic acids is 1. The van der Waals surface area contributed by atoms with Crippen LogP contribution < -0.4 is 16.1 Å². The number of rotatable bonds is 5. The molecule has 1 amide bonds. The molecule has 27 heavy (non-hydrogen) atoms. The molecule has 2 aliphatic carbocycles. The molecular formula is C20H35ClN4O2. The molecule has 4 rings (SSSR count). The van der Waals surface area contributed by atoms with Crippen molar-refractivity contribution in [2.75, 3.05) is 13.2 Å². The molecule has 4 fully saturated rings. The summed E-state index contributed by atoms with van der Waals surface area (Å²) in [7, 11) is 0. The Hall–Kier alpha value is -0.400. The zero-order valence-electron chi connectivity index (χ0n) is 16.3. The van der Waals surface area contributed by atoms with Gasteiger partial charge in [0, 0.05) is 24.4 Å². The van der Waals surface area contributed by atoms with E-state index in [9.17, 15) is 4.79 Å². The Labute approximate surface area is 168 Å². The van der Waals surface area contributed by atoms with E-state index in [2.05, 4.69) is 16.1 Å². The third-order valence-corrected chi connectivity index (χ3v) is 7.21. The third kappa shape index (κ3) is 4.96. The highest BCUT2D eigenvalue weighted by molar-refractivity contribution is 6.20. The van der Waals surface area contributed by atoms with Gasteiger partial charge in [-0.3, -0.25) is 15.4 Å². The van der Waals surface area contributed by atoms with E-state index in [-0.39, 0.29) is 30.4 Å². The van der Waals surface area contributed by atoms with Crippen LogP contribution in [0.1, 0.15) is 70.6 Å². The van der Waals surface area contributed by atoms with Gasteiger partial charge >= 0.3 is 0 Å². The average Bonchev–Trinajstić information content (AvgIpc) is 3.37. The number of halogens is 1. The monoisotopic (exact) mass is 398 g/mol. The molecule has 7 heteroatoms. The van der Waals surface area contributed by atoms with Gasteiger partial charge in [-0.05, 0) is 57.3 Å². The van der Waals surface area contributed by atoms with Crippen molar-refractivity contribution in [1.29, 1.82) is 0 Å². The van der Waals surface area contributed by atoms with E-state index < -0.39 is 0 Å². The van der Waals surface area contributed by atoms with Gasteiger partial charge in [-0.2, -0.15) is 0 Å². The first kappa shape index (κ1) is 19.9. The van der Waals surface area contributed by atoms with Gasteiger partial charge in [-0.25, -0.2) is 10.4 Å². The van der Waals surface area contributed by atoms with Gasteiger partial charge in [0.25, 0.3) is 0 Å². The molecule has 0 aromatic carbocycles. The molecule has 4 aliphatic rings. The maximum absolute atomic E-state index is 13.2. The molecule has 2 saturated carbocycles. The lowest BCUT2D eigenvalue weighted by atomic mass is 9.88. The van der Waals surface area contributed by atoms with Gasteiger partial charge in [0.2, 0.25) is 5.91 Å². The average molecular weight is 399 g/mol. The second kappa shape index (κ2) is 9.40. The molecule has 0 spiro atoms. The molecule has 3 unspecified atom stereocenters. The Kier molecular flexibility index (Phi) is 6.93. The van der Waals surface area contributed by atoms with E-state index in [1.54, 1.807) is 0 Å². The number of amides is 1. The van der Waals surface area contributed by atoms with Crippen molar-refractivity contribution < 1.29 is 9.53 Å². The molecule has 0 bridgehead atoms. The summed E-state index contributed by atoms with van der Waals surface area (Å²) in [6.45, 7) is 1.75. The van der Waals surface area contributed by atoms with E-state index in [1.165, 1.54) is 32.1 Å². The maximum Gasteiger partial charge on any atom is 0.242 e. The number of nitrogens with zero attached hydrogens (tertiary/aromatic N) is 1. The van der Waals surface area contributed by atoms with E-state index in [1.807, 2.05) is 5.01 Å². The first-order valence-corrected chi connectivity index (χ1v) is 11.5. The van der Waals surface area contributed by atoms with Crippen LogP contribution in [0.5, 0.6) is 0 Å². The van der Waals surface area contributed by atoms with Crippen molar-refractivity contribution in [3.05, 3.63) is 0 Å². The largest absolute Gasteiger partial charge is 0.375 e. The molecular weight excluding hydrogens is 364 g/mol. The van der Waals surface area contributed by atoms with Gasteiger partial charge in [0.05, 0.1) is 6.10 Å². The molecule has 154 valence electrons. The number of hydrogen-bond donors (Lipinski definition) is 3. The van der Waals surface area contributed by atoms with Crippen LogP contribution in [0.25, 0.3) is 0 Å². The number of hydrazine groups is 1. The molecule has 3 N–H and O–H groups in total. The predicted molar refractivity (Wildman–Crippen MR) is 106 cm³/mol. The maximum atomic E-state index is 13.2. The number of hydrogen-bond acceptors (Lipinski definition) is 5. The second-order valence-corrected chi connectivity index (χ2v) is 9.41. The summed E-state index contributed by atoms with van der Waals surface area (Å²) in [5.74, 6) is 1.05. The van der Waals surface area contributed by atoms with E-state index in [0.29, 0.717) is 11.3 Å². The molecule has 2 aliphatic heterocycles. The van der Waals surface area contributed by atoms with Crippen LogP contribution in [-0.2, 0) is 9.53 Å². The topological polar surface area (TPSA) is 65.6 Å². The van der Waals surface area contributed by atoms with E-state index in [0.717, 1.165) is 51.7 Å². The van der Waals surface area contributed by atoms with Gasteiger partial charge < -0.3 is 4.74 Å². The lowest BCUT2D eigenvalue weighted by molar-refractivity contribution is -0.142. The van der Waals surface area contributed by atoms with Crippen LogP contribution in [0.2, 0.25) is 0 Å². The van der Waals surface area contributed by atoms with Gasteiger partial charge in [-0.1, -0.05) is 19.3 Å². The highest BCUT2D eigenvalue weighted by Crippen LogP contribution is 2.29. The van der Waals surface area contributed by atoms with Gasteiger partial charge in [0.15, 0.2) is 6.29 Å². The van der Waals surface area contributed by atoms with Crippen LogP contribution >= 0.6 is 11.6 Å². The molecule has 3 atom stereocenters. The minimum atomic E-state index is -0.151. The van der Waals surface area contributed by atoms with Crippen LogP contribution in [-0.4, -0.2) is 48.0 Å². The fraction of sp³-hybridized carbons (Fsp3) is 0.950. The van der Waals surface area contributed by atoms with Crippen molar-refractivity contribution in [2.24, 2.45) is 11.8 Å².